The number of carbonyl (C=O) groups excluding carboxylic acids is 3. The molecule has 2 saturated heterocycles. The molecule has 3 aromatic rings. The molecule has 6 atom stereocenters. The van der Waals surface area contributed by atoms with Crippen LogP contribution < -0.4 is 0 Å². The van der Waals surface area contributed by atoms with Gasteiger partial charge >= 0.3 is 0 Å². The molecule has 0 aliphatic carbocycles. The number of benzene rings is 3. The van der Waals surface area contributed by atoms with E-state index in [0.717, 1.165) is 16.7 Å². The van der Waals surface area contributed by atoms with Crippen molar-refractivity contribution in [3.8, 4) is 0 Å². The maximum Gasteiger partial charge on any atom is 0.247 e. The van der Waals surface area contributed by atoms with Gasteiger partial charge in [-0.2, -0.15) is 0 Å². The number of rotatable bonds is 8. The summed E-state index contributed by atoms with van der Waals surface area (Å²) in [4.78, 5) is 49.8. The molecule has 0 aromatic heterocycles. The average Bonchev–Trinajstić information content (AvgIpc) is 3.36. The van der Waals surface area contributed by atoms with Gasteiger partial charge in [0.25, 0.3) is 0 Å². The summed E-state index contributed by atoms with van der Waals surface area (Å²) in [6, 6.07) is 28.0. The Hall–Kier alpha value is -4.14. The number of nitrogens with zero attached hydrogens (tertiary/aromatic N) is 3. The highest BCUT2D eigenvalue weighted by Gasteiger charge is 2.74. The van der Waals surface area contributed by atoms with Crippen LogP contribution in [0.1, 0.15) is 23.6 Å². The van der Waals surface area contributed by atoms with E-state index in [1.807, 2.05) is 121 Å². The highest BCUT2D eigenvalue weighted by molar-refractivity contribution is 8.02. The van der Waals surface area contributed by atoms with Gasteiger partial charge in [0.15, 0.2) is 0 Å². The zero-order valence-electron chi connectivity index (χ0n) is 25.9. The second kappa shape index (κ2) is 12.2. The molecule has 2 fully saturated rings. The molecular formula is C38H39N3O4S. The molecule has 8 heteroatoms. The molecule has 0 bridgehead atoms. The molecule has 1 N–H and O–H groups in total. The van der Waals surface area contributed by atoms with E-state index in [1.165, 1.54) is 0 Å². The van der Waals surface area contributed by atoms with Crippen LogP contribution in [0.25, 0.3) is 0 Å². The quantitative estimate of drug-likeness (QED) is 0.371. The maximum atomic E-state index is 15.0. The van der Waals surface area contributed by atoms with Crippen LogP contribution in [0.3, 0.4) is 0 Å². The van der Waals surface area contributed by atoms with Crippen LogP contribution in [0.5, 0.6) is 0 Å². The lowest BCUT2D eigenvalue weighted by atomic mass is 9.74. The Kier molecular flexibility index (Phi) is 8.11. The number of amides is 3. The molecule has 236 valence electrons. The normalized spacial score (nSPS) is 29.3. The first kappa shape index (κ1) is 30.5. The summed E-state index contributed by atoms with van der Waals surface area (Å²) in [6.45, 7) is 3.44. The fourth-order valence-electron chi connectivity index (χ4n) is 7.98. The molecular weight excluding hydrogens is 595 g/mol. The molecule has 7 rings (SSSR count). The summed E-state index contributed by atoms with van der Waals surface area (Å²) in [5, 5.41) is 10.8. The summed E-state index contributed by atoms with van der Waals surface area (Å²) >= 11 is 1.58. The van der Waals surface area contributed by atoms with Gasteiger partial charge in [0.1, 0.15) is 6.04 Å². The molecule has 3 aromatic carbocycles. The van der Waals surface area contributed by atoms with Gasteiger partial charge in [-0.05, 0) is 30.0 Å². The predicted octanol–water partition coefficient (Wildman–Crippen LogP) is 4.47. The predicted molar refractivity (Wildman–Crippen MR) is 179 cm³/mol. The van der Waals surface area contributed by atoms with E-state index in [9.17, 15) is 19.5 Å². The molecule has 0 saturated carbocycles. The van der Waals surface area contributed by atoms with Crippen molar-refractivity contribution in [3.05, 3.63) is 132 Å². The molecule has 4 aliphatic rings. The Morgan fingerprint density at radius 2 is 1.24 bits per heavy atom. The van der Waals surface area contributed by atoms with Crippen LogP contribution in [-0.4, -0.2) is 78.8 Å². The minimum Gasteiger partial charge on any atom is -0.394 e. The Balaban J connectivity index is 1.31. The van der Waals surface area contributed by atoms with Crippen LogP contribution in [0.4, 0.5) is 0 Å². The van der Waals surface area contributed by atoms with E-state index in [0.29, 0.717) is 32.6 Å². The number of fused-ring (bicyclic) bond motifs is 2. The van der Waals surface area contributed by atoms with Gasteiger partial charge in [0.2, 0.25) is 17.7 Å². The monoisotopic (exact) mass is 633 g/mol. The molecule has 1 unspecified atom stereocenters. The first-order valence-electron chi connectivity index (χ1n) is 16.0. The van der Waals surface area contributed by atoms with Crippen molar-refractivity contribution in [2.24, 2.45) is 11.8 Å². The fourth-order valence-corrected chi connectivity index (χ4v) is 10.1. The molecule has 7 nitrogen and oxygen atoms in total. The highest BCUT2D eigenvalue weighted by Crippen LogP contribution is 2.66. The standard InChI is InChI=1S/C38H39N3O4S/c1-37-19-11-21-39(24-28-15-7-3-8-16-28)34(43)31(37)32-35(44)41(30(26-42)23-27-13-5-2-6-14-27)33-36(45)40(22-12-20-38(32,33)46-37)25-29-17-9-4-10-18-29/h2-20,30-33,42H,21-26H2,1H3/t30-,31+,32+,33?,37-,38+/m1/s1. The largest absolute Gasteiger partial charge is 0.394 e. The van der Waals surface area contributed by atoms with Crippen molar-refractivity contribution in [1.82, 2.24) is 14.7 Å². The SMILES string of the molecule is C[C@@]12C=CCN(Cc3ccccc3)C(=O)[C@@H]1[C@H]1C(=O)N([C@@H](CO)Cc3ccccc3)C3C(=O)N(Cc4ccccc4)CC=C[C@@]31S2. The third-order valence-electron chi connectivity index (χ3n) is 10.0. The van der Waals surface area contributed by atoms with Gasteiger partial charge in [-0.25, -0.2) is 0 Å². The van der Waals surface area contributed by atoms with Crippen molar-refractivity contribution in [2.45, 2.75) is 48.0 Å². The molecule has 0 radical (unpaired) electrons. The van der Waals surface area contributed by atoms with Gasteiger partial charge < -0.3 is 19.8 Å². The Morgan fingerprint density at radius 1 is 0.717 bits per heavy atom. The van der Waals surface area contributed by atoms with Gasteiger partial charge in [-0.3, -0.25) is 14.4 Å². The second-order valence-electron chi connectivity index (χ2n) is 13.0. The molecule has 4 aliphatic heterocycles. The van der Waals surface area contributed by atoms with E-state index in [4.69, 9.17) is 0 Å². The number of hydrogen-bond acceptors (Lipinski definition) is 5. The van der Waals surface area contributed by atoms with E-state index in [1.54, 1.807) is 21.6 Å². The van der Waals surface area contributed by atoms with Crippen LogP contribution in [0.2, 0.25) is 0 Å². The van der Waals surface area contributed by atoms with Crippen molar-refractivity contribution in [3.63, 3.8) is 0 Å². The number of aliphatic hydroxyl groups excluding tert-OH is 1. The van der Waals surface area contributed by atoms with E-state index >= 15 is 0 Å². The summed E-state index contributed by atoms with van der Waals surface area (Å²) in [5.41, 5.74) is 2.99. The smallest absolute Gasteiger partial charge is 0.247 e. The third kappa shape index (κ3) is 5.17. The zero-order valence-corrected chi connectivity index (χ0v) is 26.8. The van der Waals surface area contributed by atoms with E-state index < -0.39 is 33.4 Å². The van der Waals surface area contributed by atoms with E-state index in [2.05, 4.69) is 6.08 Å². The first-order chi connectivity index (χ1) is 22.3. The van der Waals surface area contributed by atoms with Crippen LogP contribution in [0.15, 0.2) is 115 Å². The van der Waals surface area contributed by atoms with Gasteiger partial charge in [0.05, 0.1) is 29.2 Å². The Morgan fingerprint density at radius 3 is 1.80 bits per heavy atom. The van der Waals surface area contributed by atoms with E-state index in [-0.39, 0.29) is 24.3 Å². The zero-order chi connectivity index (χ0) is 31.9. The summed E-state index contributed by atoms with van der Waals surface area (Å²) in [5.74, 6) is -1.89. The molecule has 3 amide bonds. The Bertz CT molecular complexity index is 1660. The number of likely N-dealkylation sites (tertiary alicyclic amines) is 1. The average molecular weight is 634 g/mol. The maximum absolute atomic E-state index is 15.0. The minimum absolute atomic E-state index is 0.0745. The number of hydrogen-bond donors (Lipinski definition) is 1. The second-order valence-corrected chi connectivity index (χ2v) is 14.8. The van der Waals surface area contributed by atoms with Crippen molar-refractivity contribution >= 4 is 29.5 Å². The number of thioether (sulfide) groups is 1. The van der Waals surface area contributed by atoms with Crippen molar-refractivity contribution in [2.75, 3.05) is 19.7 Å². The van der Waals surface area contributed by atoms with Crippen molar-refractivity contribution < 1.29 is 19.5 Å². The highest BCUT2D eigenvalue weighted by atomic mass is 32.2. The summed E-state index contributed by atoms with van der Waals surface area (Å²) in [7, 11) is 0. The van der Waals surface area contributed by atoms with Gasteiger partial charge in [-0.15, -0.1) is 11.8 Å². The third-order valence-corrected chi connectivity index (χ3v) is 11.8. The van der Waals surface area contributed by atoms with Crippen LogP contribution in [0, 0.1) is 11.8 Å². The van der Waals surface area contributed by atoms with Gasteiger partial charge in [0, 0.05) is 30.9 Å². The topological polar surface area (TPSA) is 81.2 Å². The summed E-state index contributed by atoms with van der Waals surface area (Å²) < 4.78 is -1.67. The number of aliphatic hydroxyl groups is 1. The molecule has 1 spiro atoms. The number of carbonyl (C=O) groups is 3. The Labute approximate surface area is 274 Å². The van der Waals surface area contributed by atoms with Crippen LogP contribution >= 0.6 is 11.8 Å². The first-order valence-corrected chi connectivity index (χ1v) is 16.8. The lowest BCUT2D eigenvalue weighted by Gasteiger charge is -2.40. The lowest BCUT2D eigenvalue weighted by molar-refractivity contribution is -0.147. The minimum atomic E-state index is -0.973. The van der Waals surface area contributed by atoms with Crippen molar-refractivity contribution in [1.29, 1.82) is 0 Å². The molecule has 4 heterocycles. The van der Waals surface area contributed by atoms with Gasteiger partial charge in [-0.1, -0.05) is 115 Å². The van der Waals surface area contributed by atoms with Crippen LogP contribution in [-0.2, 0) is 33.9 Å². The fraction of sp³-hybridized carbons (Fsp3) is 0.342. The lowest BCUT2D eigenvalue weighted by Crippen LogP contribution is -2.57. The molecule has 46 heavy (non-hydrogen) atoms. The summed E-state index contributed by atoms with van der Waals surface area (Å²) in [6.07, 6.45) is 8.59.